The van der Waals surface area contributed by atoms with Crippen LogP contribution in [-0.2, 0) is 30.9 Å². The molecule has 4 nitrogen and oxygen atoms in total. The smallest absolute Gasteiger partial charge is 0.404 e. The second kappa shape index (κ2) is 11.5. The van der Waals surface area contributed by atoms with Crippen LogP contribution in [0.15, 0.2) is 103 Å². The number of rotatable bonds is 2. The van der Waals surface area contributed by atoms with Gasteiger partial charge in [-0.05, 0) is 54.5 Å². The second-order valence-corrected chi connectivity index (χ2v) is 12.9. The molecule has 0 saturated carbocycles. The second-order valence-electron chi connectivity index (χ2n) is 12.9. The molecule has 2 aromatic heterocycles. The number of benzene rings is 4. The van der Waals surface area contributed by atoms with Gasteiger partial charge in [-0.3, -0.25) is 4.57 Å². The van der Waals surface area contributed by atoms with Crippen molar-refractivity contribution in [2.75, 3.05) is 11.9 Å². The zero-order chi connectivity index (χ0) is 29.8. The van der Waals surface area contributed by atoms with Gasteiger partial charge in [0, 0.05) is 11.9 Å². The summed E-state index contributed by atoms with van der Waals surface area (Å²) in [6.07, 6.45) is 7.83. The van der Waals surface area contributed by atoms with E-state index in [1.165, 1.54) is 40.9 Å². The molecule has 3 heterocycles. The molecule has 8 rings (SSSR count). The Kier molecular flexibility index (Phi) is 7.82. The standard InChI is InChI=1S/C28H28N3.C11H8N.Ir/c1-27(2)14-15-28(3,4)21-17-25-24(16-20(21)27)29(5)22-12-9-13-23-26(22)31(25)18-30(23)19-10-7-6-8-11-19;1-2-6-10(7-3-1)11-8-4-5-9-12-11;/h6-13,16H,14-15H2,1-5H3;1-6,8-9H;/q2*-1;+3. The monoisotopic (exact) mass is 753 g/mol. The van der Waals surface area contributed by atoms with Crippen molar-refractivity contribution in [3.63, 3.8) is 0 Å². The van der Waals surface area contributed by atoms with Crippen LogP contribution >= 0.6 is 0 Å². The van der Waals surface area contributed by atoms with E-state index in [9.17, 15) is 0 Å². The van der Waals surface area contributed by atoms with E-state index in [0.29, 0.717) is 0 Å². The van der Waals surface area contributed by atoms with Gasteiger partial charge in [0.2, 0.25) is 0 Å². The third-order valence-electron chi connectivity index (χ3n) is 9.09. The maximum Gasteiger partial charge on any atom is 3.00 e. The van der Waals surface area contributed by atoms with Crippen LogP contribution in [0.5, 0.6) is 0 Å². The molecule has 1 aliphatic heterocycles. The SMILES string of the molecule is CN1c2cc3c([c-]c2-[n+]2[c-]n(-c4ccccc4)c4cccc1c42)C(C)(C)CCC3(C)C.[Ir+3].[c-]1ccccc1-c1ccccn1. The Labute approximate surface area is 274 Å². The maximum absolute atomic E-state index is 4.22. The maximum atomic E-state index is 4.22. The summed E-state index contributed by atoms with van der Waals surface area (Å²) in [5.74, 6) is 0. The summed E-state index contributed by atoms with van der Waals surface area (Å²) < 4.78 is 4.40. The minimum atomic E-state index is 0. The Morgan fingerprint density at radius 2 is 1.55 bits per heavy atom. The van der Waals surface area contributed by atoms with Gasteiger partial charge in [0.1, 0.15) is 5.52 Å². The third-order valence-corrected chi connectivity index (χ3v) is 9.09. The van der Waals surface area contributed by atoms with Crippen molar-refractivity contribution < 1.29 is 24.7 Å². The summed E-state index contributed by atoms with van der Waals surface area (Å²) in [4.78, 5) is 6.55. The number of anilines is 2. The van der Waals surface area contributed by atoms with E-state index in [-0.39, 0.29) is 30.9 Å². The Bertz CT molecular complexity index is 1890. The van der Waals surface area contributed by atoms with Crippen molar-refractivity contribution in [3.8, 4) is 22.6 Å². The van der Waals surface area contributed by atoms with Crippen LogP contribution in [0.25, 0.3) is 33.7 Å². The summed E-state index contributed by atoms with van der Waals surface area (Å²) >= 11 is 0. The average molecular weight is 753 g/mol. The number of hydrogen-bond donors (Lipinski definition) is 0. The van der Waals surface area contributed by atoms with Crippen molar-refractivity contribution in [1.82, 2.24) is 9.55 Å². The van der Waals surface area contributed by atoms with Gasteiger partial charge >= 0.3 is 20.1 Å². The first-order chi connectivity index (χ1) is 20.7. The predicted octanol–water partition coefficient (Wildman–Crippen LogP) is 8.48. The molecular formula is C39H36IrN4+. The Morgan fingerprint density at radius 3 is 2.27 bits per heavy atom. The molecule has 0 fully saturated rings. The van der Waals surface area contributed by atoms with Gasteiger partial charge in [0.25, 0.3) is 6.33 Å². The van der Waals surface area contributed by atoms with Gasteiger partial charge in [-0.15, -0.1) is 47.5 Å². The van der Waals surface area contributed by atoms with Crippen LogP contribution in [0.1, 0.15) is 51.7 Å². The molecule has 6 aromatic rings. The average Bonchev–Trinajstić information content (AvgIpc) is 3.44. The first-order valence-electron chi connectivity index (χ1n) is 15.0. The number of imidazole rings is 1. The van der Waals surface area contributed by atoms with Crippen LogP contribution in [0.4, 0.5) is 11.4 Å². The van der Waals surface area contributed by atoms with Crippen molar-refractivity contribution in [2.24, 2.45) is 0 Å². The molecule has 2 aliphatic rings. The summed E-state index contributed by atoms with van der Waals surface area (Å²) in [5, 5.41) is 0. The summed E-state index contributed by atoms with van der Waals surface area (Å²) in [6.45, 7) is 9.48. The van der Waals surface area contributed by atoms with E-state index in [1.54, 1.807) is 6.20 Å². The fraction of sp³-hybridized carbons (Fsp3) is 0.231. The summed E-state index contributed by atoms with van der Waals surface area (Å²) in [5.41, 5.74) is 12.1. The van der Waals surface area contributed by atoms with Gasteiger partial charge in [-0.25, -0.2) is 0 Å². The molecule has 0 spiro atoms. The van der Waals surface area contributed by atoms with E-state index >= 15 is 0 Å². The first kappa shape index (κ1) is 30.0. The van der Waals surface area contributed by atoms with Crippen molar-refractivity contribution in [1.29, 1.82) is 0 Å². The van der Waals surface area contributed by atoms with Crippen molar-refractivity contribution in [2.45, 2.75) is 51.4 Å². The van der Waals surface area contributed by atoms with Crippen LogP contribution in [-0.4, -0.2) is 16.6 Å². The van der Waals surface area contributed by atoms with Crippen LogP contribution in [0.2, 0.25) is 0 Å². The molecule has 4 aromatic carbocycles. The predicted molar refractivity (Wildman–Crippen MR) is 174 cm³/mol. The number of aromatic nitrogens is 3. The number of fused-ring (bicyclic) bond motifs is 3. The molecule has 0 bridgehead atoms. The van der Waals surface area contributed by atoms with E-state index < -0.39 is 0 Å². The molecule has 5 heteroatoms. The van der Waals surface area contributed by atoms with Gasteiger partial charge in [-0.2, -0.15) is 11.6 Å². The largest absolute Gasteiger partial charge is 3.00 e. The molecule has 0 saturated heterocycles. The fourth-order valence-corrected chi connectivity index (χ4v) is 6.45. The number of nitrogens with zero attached hydrogens (tertiary/aromatic N) is 4. The molecule has 0 amide bonds. The van der Waals surface area contributed by atoms with Gasteiger partial charge < -0.3 is 14.5 Å². The summed E-state index contributed by atoms with van der Waals surface area (Å²) in [7, 11) is 2.18. The topological polar surface area (TPSA) is 24.9 Å². The Morgan fingerprint density at radius 1 is 0.795 bits per heavy atom. The van der Waals surface area contributed by atoms with Gasteiger partial charge in [0.05, 0.1) is 11.2 Å². The number of pyridine rings is 1. The first-order valence-corrected chi connectivity index (χ1v) is 15.0. The van der Waals surface area contributed by atoms with E-state index in [1.807, 2.05) is 42.5 Å². The normalized spacial score (nSPS) is 15.3. The summed E-state index contributed by atoms with van der Waals surface area (Å²) in [6, 6.07) is 40.2. The third kappa shape index (κ3) is 5.08. The molecule has 0 atom stereocenters. The minimum Gasteiger partial charge on any atom is -0.404 e. The van der Waals surface area contributed by atoms with Gasteiger partial charge in [-0.1, -0.05) is 87.7 Å². The molecule has 44 heavy (non-hydrogen) atoms. The minimum absolute atomic E-state index is 0. The quantitative estimate of drug-likeness (QED) is 0.131. The van der Waals surface area contributed by atoms with Crippen LogP contribution in [0.3, 0.4) is 0 Å². The van der Waals surface area contributed by atoms with E-state index in [4.69, 9.17) is 0 Å². The molecule has 0 radical (unpaired) electrons. The van der Waals surface area contributed by atoms with E-state index in [0.717, 1.165) is 28.1 Å². The van der Waals surface area contributed by atoms with E-state index in [2.05, 4.69) is 127 Å². The molecule has 0 N–H and O–H groups in total. The Balaban J connectivity index is 0.000000222. The zero-order valence-electron chi connectivity index (χ0n) is 25.9. The Hall–Kier alpha value is -4.05. The van der Waals surface area contributed by atoms with Gasteiger partial charge in [0.15, 0.2) is 0 Å². The van der Waals surface area contributed by atoms with Crippen molar-refractivity contribution >= 4 is 22.4 Å². The number of hydrogen-bond acceptors (Lipinski definition) is 2. The number of para-hydroxylation sites is 2. The molecule has 1 aliphatic carbocycles. The molecular weight excluding hydrogens is 717 g/mol. The van der Waals surface area contributed by atoms with Crippen LogP contribution in [0, 0.1) is 18.5 Å². The van der Waals surface area contributed by atoms with Crippen molar-refractivity contribution in [3.05, 3.63) is 133 Å². The zero-order valence-corrected chi connectivity index (χ0v) is 28.2. The molecule has 220 valence electrons. The van der Waals surface area contributed by atoms with Crippen LogP contribution < -0.4 is 9.47 Å². The molecule has 0 unspecified atom stereocenters. The fourth-order valence-electron chi connectivity index (χ4n) is 6.45.